The van der Waals surface area contributed by atoms with Gasteiger partial charge >= 0.3 is 0 Å². The van der Waals surface area contributed by atoms with E-state index in [1.54, 1.807) is 6.20 Å². The highest BCUT2D eigenvalue weighted by molar-refractivity contribution is 5.03. The predicted octanol–water partition coefficient (Wildman–Crippen LogP) is 1.78. The molecule has 2 rings (SSSR count). The Morgan fingerprint density at radius 2 is 2.50 bits per heavy atom. The second-order valence-electron chi connectivity index (χ2n) is 3.38. The van der Waals surface area contributed by atoms with Crippen LogP contribution in [0.3, 0.4) is 0 Å². The van der Waals surface area contributed by atoms with Gasteiger partial charge in [-0.05, 0) is 18.6 Å². The van der Waals surface area contributed by atoms with Crippen molar-refractivity contribution in [2.75, 3.05) is 13.2 Å². The molecule has 1 aromatic rings. The monoisotopic (exact) mass is 193 g/mol. The van der Waals surface area contributed by atoms with Crippen molar-refractivity contribution < 1.29 is 9.47 Å². The topological polar surface area (TPSA) is 31.4 Å². The number of nitrogens with zero attached hydrogens (tertiary/aromatic N) is 1. The standard InChI is InChI=1S/C11H15NO2/c1-2-7-12-10(4-1)6-9-14-11-5-3-8-13-11/h1-2,4,7,11H,3,5-6,8-9H2/t11-/m0/s1. The number of pyridine rings is 1. The molecule has 1 fully saturated rings. The molecular formula is C11H15NO2. The van der Waals surface area contributed by atoms with Crippen LogP contribution in [0.1, 0.15) is 18.5 Å². The Kier molecular flexibility index (Phi) is 3.49. The van der Waals surface area contributed by atoms with E-state index in [2.05, 4.69) is 4.98 Å². The maximum absolute atomic E-state index is 5.54. The number of hydrogen-bond donors (Lipinski definition) is 0. The third-order valence-electron chi connectivity index (χ3n) is 2.28. The lowest BCUT2D eigenvalue weighted by molar-refractivity contribution is -0.110. The highest BCUT2D eigenvalue weighted by Crippen LogP contribution is 2.13. The van der Waals surface area contributed by atoms with Crippen LogP contribution in [0, 0.1) is 0 Å². The van der Waals surface area contributed by atoms with E-state index in [9.17, 15) is 0 Å². The average molecular weight is 193 g/mol. The minimum atomic E-state index is 0.0266. The molecular weight excluding hydrogens is 178 g/mol. The molecule has 0 spiro atoms. The molecule has 2 heterocycles. The van der Waals surface area contributed by atoms with E-state index in [-0.39, 0.29) is 6.29 Å². The Balaban J connectivity index is 1.67. The third-order valence-corrected chi connectivity index (χ3v) is 2.28. The first kappa shape index (κ1) is 9.62. The van der Waals surface area contributed by atoms with Crippen LogP contribution in [0.4, 0.5) is 0 Å². The molecule has 0 amide bonds. The fourth-order valence-electron chi connectivity index (χ4n) is 1.52. The Labute approximate surface area is 84.1 Å². The number of aromatic nitrogens is 1. The number of rotatable bonds is 4. The Bertz CT molecular complexity index is 257. The fourth-order valence-corrected chi connectivity index (χ4v) is 1.52. The lowest BCUT2D eigenvalue weighted by Gasteiger charge is -2.10. The van der Waals surface area contributed by atoms with Gasteiger partial charge in [0.2, 0.25) is 0 Å². The zero-order chi connectivity index (χ0) is 9.64. The number of hydrogen-bond acceptors (Lipinski definition) is 3. The third kappa shape index (κ3) is 2.79. The summed E-state index contributed by atoms with van der Waals surface area (Å²) in [5.74, 6) is 0. The first-order valence-corrected chi connectivity index (χ1v) is 5.08. The van der Waals surface area contributed by atoms with Crippen molar-refractivity contribution >= 4 is 0 Å². The lowest BCUT2D eigenvalue weighted by atomic mass is 10.3. The van der Waals surface area contributed by atoms with Gasteiger partial charge in [-0.3, -0.25) is 4.98 Å². The molecule has 76 valence electrons. The van der Waals surface area contributed by atoms with Crippen LogP contribution in [-0.2, 0) is 15.9 Å². The second-order valence-corrected chi connectivity index (χ2v) is 3.38. The smallest absolute Gasteiger partial charge is 0.157 e. The molecule has 14 heavy (non-hydrogen) atoms. The molecule has 1 aliphatic heterocycles. The summed E-state index contributed by atoms with van der Waals surface area (Å²) in [4.78, 5) is 4.22. The minimum absolute atomic E-state index is 0.0266. The van der Waals surface area contributed by atoms with Crippen LogP contribution < -0.4 is 0 Å². The molecule has 1 aromatic heterocycles. The molecule has 0 aliphatic carbocycles. The van der Waals surface area contributed by atoms with Crippen molar-refractivity contribution in [1.82, 2.24) is 4.98 Å². The van der Waals surface area contributed by atoms with Crippen LogP contribution >= 0.6 is 0 Å². The first-order chi connectivity index (χ1) is 6.95. The molecule has 0 aromatic carbocycles. The summed E-state index contributed by atoms with van der Waals surface area (Å²) >= 11 is 0. The van der Waals surface area contributed by atoms with E-state index >= 15 is 0 Å². The molecule has 0 N–H and O–H groups in total. The van der Waals surface area contributed by atoms with E-state index in [0.717, 1.165) is 31.6 Å². The molecule has 1 saturated heterocycles. The summed E-state index contributed by atoms with van der Waals surface area (Å²) in [6, 6.07) is 5.93. The van der Waals surface area contributed by atoms with E-state index in [1.165, 1.54) is 0 Å². The molecule has 1 atom stereocenters. The van der Waals surface area contributed by atoms with Crippen LogP contribution in [0.2, 0.25) is 0 Å². The van der Waals surface area contributed by atoms with Gasteiger partial charge in [-0.2, -0.15) is 0 Å². The van der Waals surface area contributed by atoms with Gasteiger partial charge in [0, 0.05) is 31.3 Å². The Morgan fingerprint density at radius 3 is 3.21 bits per heavy atom. The van der Waals surface area contributed by atoms with Crippen molar-refractivity contribution in [3.63, 3.8) is 0 Å². The number of ether oxygens (including phenoxy) is 2. The van der Waals surface area contributed by atoms with Crippen LogP contribution in [0.15, 0.2) is 24.4 Å². The maximum Gasteiger partial charge on any atom is 0.157 e. The largest absolute Gasteiger partial charge is 0.353 e. The first-order valence-electron chi connectivity index (χ1n) is 5.08. The zero-order valence-corrected chi connectivity index (χ0v) is 8.19. The SMILES string of the molecule is c1ccc(CCO[C@H]2CCCO2)nc1. The van der Waals surface area contributed by atoms with Gasteiger partial charge in [0.1, 0.15) is 0 Å². The van der Waals surface area contributed by atoms with Crippen LogP contribution in [0.5, 0.6) is 0 Å². The fraction of sp³-hybridized carbons (Fsp3) is 0.545. The summed E-state index contributed by atoms with van der Waals surface area (Å²) in [7, 11) is 0. The van der Waals surface area contributed by atoms with E-state index in [4.69, 9.17) is 9.47 Å². The normalized spacial score (nSPS) is 21.3. The van der Waals surface area contributed by atoms with Crippen LogP contribution in [0.25, 0.3) is 0 Å². The minimum Gasteiger partial charge on any atom is -0.353 e. The van der Waals surface area contributed by atoms with Crippen molar-refractivity contribution in [1.29, 1.82) is 0 Å². The highest BCUT2D eigenvalue weighted by Gasteiger charge is 2.15. The van der Waals surface area contributed by atoms with Crippen molar-refractivity contribution in [3.8, 4) is 0 Å². The molecule has 3 heteroatoms. The summed E-state index contributed by atoms with van der Waals surface area (Å²) in [5.41, 5.74) is 1.07. The van der Waals surface area contributed by atoms with Gasteiger partial charge in [-0.1, -0.05) is 6.07 Å². The molecule has 3 nitrogen and oxygen atoms in total. The van der Waals surface area contributed by atoms with Gasteiger partial charge in [0.25, 0.3) is 0 Å². The highest BCUT2D eigenvalue weighted by atomic mass is 16.7. The van der Waals surface area contributed by atoms with Crippen molar-refractivity contribution in [2.24, 2.45) is 0 Å². The maximum atomic E-state index is 5.54. The predicted molar refractivity (Wildman–Crippen MR) is 52.9 cm³/mol. The summed E-state index contributed by atoms with van der Waals surface area (Å²) < 4.78 is 10.9. The summed E-state index contributed by atoms with van der Waals surface area (Å²) in [5, 5.41) is 0. The molecule has 1 aliphatic rings. The van der Waals surface area contributed by atoms with E-state index in [0.29, 0.717) is 6.61 Å². The van der Waals surface area contributed by atoms with E-state index in [1.807, 2.05) is 18.2 Å². The Hall–Kier alpha value is -0.930. The average Bonchev–Trinajstić information content (AvgIpc) is 2.72. The summed E-state index contributed by atoms with van der Waals surface area (Å²) in [6.07, 6.45) is 4.84. The van der Waals surface area contributed by atoms with Crippen molar-refractivity contribution in [3.05, 3.63) is 30.1 Å². The molecule has 0 bridgehead atoms. The van der Waals surface area contributed by atoms with E-state index < -0.39 is 0 Å². The molecule has 0 saturated carbocycles. The van der Waals surface area contributed by atoms with Gasteiger partial charge < -0.3 is 9.47 Å². The van der Waals surface area contributed by atoms with Gasteiger partial charge in [-0.15, -0.1) is 0 Å². The van der Waals surface area contributed by atoms with Gasteiger partial charge in [-0.25, -0.2) is 0 Å². The van der Waals surface area contributed by atoms with Crippen LogP contribution in [-0.4, -0.2) is 24.5 Å². The van der Waals surface area contributed by atoms with Crippen molar-refractivity contribution in [2.45, 2.75) is 25.6 Å². The summed E-state index contributed by atoms with van der Waals surface area (Å²) in [6.45, 7) is 1.54. The Morgan fingerprint density at radius 1 is 1.50 bits per heavy atom. The zero-order valence-electron chi connectivity index (χ0n) is 8.19. The van der Waals surface area contributed by atoms with Gasteiger partial charge in [0.05, 0.1) is 6.61 Å². The second kappa shape index (κ2) is 5.08. The molecule has 0 unspecified atom stereocenters. The molecule has 0 radical (unpaired) electrons. The van der Waals surface area contributed by atoms with Gasteiger partial charge in [0.15, 0.2) is 6.29 Å². The lowest BCUT2D eigenvalue weighted by Crippen LogP contribution is -2.12. The quantitative estimate of drug-likeness (QED) is 0.730.